The molecule has 0 aliphatic heterocycles. The molecule has 3 atom stereocenters. The van der Waals surface area contributed by atoms with Crippen molar-refractivity contribution in [3.8, 4) is 6.07 Å². The fourth-order valence-electron chi connectivity index (χ4n) is 3.38. The fraction of sp³-hybridized carbons (Fsp3) is 0.583. The quantitative estimate of drug-likeness (QED) is 0.460. The van der Waals surface area contributed by atoms with Crippen molar-refractivity contribution in [2.45, 2.75) is 78.1 Å². The van der Waals surface area contributed by atoms with Gasteiger partial charge in [-0.3, -0.25) is 9.59 Å². The summed E-state index contributed by atoms with van der Waals surface area (Å²) in [6.07, 6.45) is 0.724. The van der Waals surface area contributed by atoms with Crippen LogP contribution in [0.3, 0.4) is 0 Å². The van der Waals surface area contributed by atoms with Crippen LogP contribution in [0.15, 0.2) is 24.3 Å². The normalized spacial score (nSPS) is 13.8. The van der Waals surface area contributed by atoms with Gasteiger partial charge in [-0.15, -0.1) is 0 Å². The lowest BCUT2D eigenvalue weighted by Crippen LogP contribution is -2.55. The van der Waals surface area contributed by atoms with E-state index in [0.717, 1.165) is 23.3 Å². The van der Waals surface area contributed by atoms with Crippen LogP contribution in [0.4, 0.5) is 4.79 Å². The third kappa shape index (κ3) is 8.73. The van der Waals surface area contributed by atoms with Crippen molar-refractivity contribution in [1.29, 1.82) is 5.26 Å². The number of nitriles is 1. The molecule has 1 aromatic rings. The summed E-state index contributed by atoms with van der Waals surface area (Å²) in [5.41, 5.74) is 0.506. The summed E-state index contributed by atoms with van der Waals surface area (Å²) < 4.78 is 5.17. The van der Waals surface area contributed by atoms with Crippen LogP contribution in [0.2, 0.25) is 0 Å². The van der Waals surface area contributed by atoms with Gasteiger partial charge in [0.25, 0.3) is 0 Å². The van der Waals surface area contributed by atoms with Gasteiger partial charge in [0, 0.05) is 6.04 Å². The first-order valence-corrected chi connectivity index (χ1v) is 11.1. The molecule has 0 aliphatic carbocycles. The van der Waals surface area contributed by atoms with Crippen LogP contribution < -0.4 is 10.6 Å². The number of carbonyl (C=O) groups is 3. The predicted octanol–water partition coefficient (Wildman–Crippen LogP) is 2.58. The van der Waals surface area contributed by atoms with Gasteiger partial charge in [0.05, 0.1) is 12.7 Å². The highest BCUT2D eigenvalue weighted by molar-refractivity contribution is 5.92. The van der Waals surface area contributed by atoms with E-state index >= 15 is 0 Å². The molecule has 3 amide bonds. The Morgan fingerprint density at radius 2 is 1.85 bits per heavy atom. The summed E-state index contributed by atoms with van der Waals surface area (Å²) >= 11 is 0. The highest BCUT2D eigenvalue weighted by Crippen LogP contribution is 2.25. The Labute approximate surface area is 196 Å². The van der Waals surface area contributed by atoms with Gasteiger partial charge >= 0.3 is 6.09 Å². The topological polar surface area (TPSA) is 132 Å². The Bertz CT molecular complexity index is 859. The molecule has 9 heteroatoms. The maximum absolute atomic E-state index is 13.4. The number of hydrogen-bond acceptors (Lipinski definition) is 6. The summed E-state index contributed by atoms with van der Waals surface area (Å²) in [6, 6.07) is 6.36. The van der Waals surface area contributed by atoms with Gasteiger partial charge in [-0.25, -0.2) is 4.79 Å². The van der Waals surface area contributed by atoms with Crippen molar-refractivity contribution in [3.05, 3.63) is 35.4 Å². The minimum Gasteiger partial charge on any atom is -0.444 e. The SMILES string of the molecule is CCCC(C)NC(=O)C(c1ccccc1C)N(CC#N)C(=O)C(CO)NC(=O)OC(C)(C)C. The number of hydrogen-bond donors (Lipinski definition) is 3. The second-order valence-corrected chi connectivity index (χ2v) is 8.96. The number of amides is 3. The number of alkyl carbamates (subject to hydrolysis) is 1. The van der Waals surface area contributed by atoms with Crippen molar-refractivity contribution < 1.29 is 24.2 Å². The first kappa shape index (κ1) is 27.9. The van der Waals surface area contributed by atoms with Crippen LogP contribution in [-0.2, 0) is 14.3 Å². The molecule has 182 valence electrons. The minimum absolute atomic E-state index is 0.137. The molecule has 3 N–H and O–H groups in total. The van der Waals surface area contributed by atoms with Crippen molar-refractivity contribution >= 4 is 17.9 Å². The monoisotopic (exact) mass is 460 g/mol. The molecule has 1 aromatic carbocycles. The molecule has 1 rings (SSSR count). The number of nitrogens with zero attached hydrogens (tertiary/aromatic N) is 2. The standard InChI is InChI=1S/C24H36N4O5/c1-7-10-17(3)26-21(30)20(18-12-9-8-11-16(18)2)28(14-13-25)22(31)19(15-29)27-23(32)33-24(4,5)6/h8-9,11-12,17,19-20,29H,7,10,14-15H2,1-6H3,(H,26,30)(H,27,32). The lowest BCUT2D eigenvalue weighted by Gasteiger charge is -2.33. The zero-order valence-electron chi connectivity index (χ0n) is 20.3. The van der Waals surface area contributed by atoms with Gasteiger partial charge in [0.15, 0.2) is 0 Å². The largest absolute Gasteiger partial charge is 0.444 e. The van der Waals surface area contributed by atoms with Gasteiger partial charge in [0.1, 0.15) is 24.2 Å². The van der Waals surface area contributed by atoms with Crippen molar-refractivity contribution in [2.75, 3.05) is 13.2 Å². The molecule has 0 aromatic heterocycles. The molecular weight excluding hydrogens is 424 g/mol. The van der Waals surface area contributed by atoms with Crippen LogP contribution >= 0.6 is 0 Å². The van der Waals surface area contributed by atoms with Gasteiger partial charge < -0.3 is 25.4 Å². The number of benzene rings is 1. The molecule has 0 bridgehead atoms. The Hall–Kier alpha value is -3.12. The van der Waals surface area contributed by atoms with E-state index in [0.29, 0.717) is 5.56 Å². The average molecular weight is 461 g/mol. The maximum Gasteiger partial charge on any atom is 0.408 e. The third-order valence-corrected chi connectivity index (χ3v) is 4.85. The summed E-state index contributed by atoms with van der Waals surface area (Å²) in [7, 11) is 0. The van der Waals surface area contributed by atoms with Crippen LogP contribution in [0.5, 0.6) is 0 Å². The zero-order chi connectivity index (χ0) is 25.2. The Balaban J connectivity index is 3.35. The molecule has 33 heavy (non-hydrogen) atoms. The smallest absolute Gasteiger partial charge is 0.408 e. The van der Waals surface area contributed by atoms with Gasteiger partial charge in [-0.1, -0.05) is 37.6 Å². The molecule has 9 nitrogen and oxygen atoms in total. The molecular formula is C24H36N4O5. The maximum atomic E-state index is 13.4. The lowest BCUT2D eigenvalue weighted by atomic mass is 9.97. The third-order valence-electron chi connectivity index (χ3n) is 4.85. The van der Waals surface area contributed by atoms with Crippen LogP contribution in [0.25, 0.3) is 0 Å². The fourth-order valence-corrected chi connectivity index (χ4v) is 3.38. The number of carbonyl (C=O) groups excluding carboxylic acids is 3. The van der Waals surface area contributed by atoms with E-state index in [4.69, 9.17) is 4.74 Å². The number of rotatable bonds is 10. The van der Waals surface area contributed by atoms with E-state index < -0.39 is 48.7 Å². The van der Waals surface area contributed by atoms with Crippen LogP contribution in [0, 0.1) is 18.3 Å². The molecule has 0 radical (unpaired) electrons. The molecule has 3 unspecified atom stereocenters. The van der Waals surface area contributed by atoms with E-state index in [-0.39, 0.29) is 6.04 Å². The Kier molecular flexibility index (Phi) is 10.8. The van der Waals surface area contributed by atoms with E-state index in [1.165, 1.54) is 0 Å². The van der Waals surface area contributed by atoms with Crippen LogP contribution in [0.1, 0.15) is 64.6 Å². The van der Waals surface area contributed by atoms with Gasteiger partial charge in [-0.2, -0.15) is 5.26 Å². The molecule has 0 aliphatic rings. The highest BCUT2D eigenvalue weighted by atomic mass is 16.6. The average Bonchev–Trinajstić information content (AvgIpc) is 2.71. The van der Waals surface area contributed by atoms with Gasteiger partial charge in [-0.05, 0) is 52.2 Å². The molecule has 0 spiro atoms. The van der Waals surface area contributed by atoms with Gasteiger partial charge in [0.2, 0.25) is 11.8 Å². The first-order chi connectivity index (χ1) is 15.4. The van der Waals surface area contributed by atoms with Crippen molar-refractivity contribution in [3.63, 3.8) is 0 Å². The highest BCUT2D eigenvalue weighted by Gasteiger charge is 2.37. The van der Waals surface area contributed by atoms with Crippen molar-refractivity contribution in [1.82, 2.24) is 15.5 Å². The number of ether oxygens (including phenoxy) is 1. The predicted molar refractivity (Wildman–Crippen MR) is 124 cm³/mol. The molecule has 0 heterocycles. The first-order valence-electron chi connectivity index (χ1n) is 11.1. The number of aryl methyl sites for hydroxylation is 1. The zero-order valence-corrected chi connectivity index (χ0v) is 20.3. The van der Waals surface area contributed by atoms with E-state index in [1.54, 1.807) is 32.9 Å². The minimum atomic E-state index is -1.39. The Morgan fingerprint density at radius 1 is 1.21 bits per heavy atom. The van der Waals surface area contributed by atoms with E-state index in [2.05, 4.69) is 10.6 Å². The Morgan fingerprint density at radius 3 is 2.36 bits per heavy atom. The summed E-state index contributed by atoms with van der Waals surface area (Å²) in [6.45, 7) is 9.53. The van der Waals surface area contributed by atoms with Crippen molar-refractivity contribution in [2.24, 2.45) is 0 Å². The van der Waals surface area contributed by atoms with E-state index in [9.17, 15) is 24.8 Å². The number of aliphatic hydroxyl groups is 1. The number of aliphatic hydroxyl groups excluding tert-OH is 1. The summed E-state index contributed by atoms with van der Waals surface area (Å²) in [5, 5.41) is 24.5. The lowest BCUT2D eigenvalue weighted by molar-refractivity contribution is -0.142. The summed E-state index contributed by atoms with van der Waals surface area (Å²) in [4.78, 5) is 40.0. The second-order valence-electron chi connectivity index (χ2n) is 8.96. The summed E-state index contributed by atoms with van der Waals surface area (Å²) in [5.74, 6) is -1.21. The number of nitrogens with one attached hydrogen (secondary N) is 2. The van der Waals surface area contributed by atoms with E-state index in [1.807, 2.05) is 39.0 Å². The van der Waals surface area contributed by atoms with Crippen LogP contribution in [-0.4, -0.2) is 58.8 Å². The molecule has 0 saturated heterocycles. The second kappa shape index (κ2) is 12.8. The molecule has 0 saturated carbocycles. The molecule has 0 fully saturated rings.